The summed E-state index contributed by atoms with van der Waals surface area (Å²) in [5.41, 5.74) is 3.82. The van der Waals surface area contributed by atoms with Crippen molar-refractivity contribution in [3.63, 3.8) is 0 Å². The number of ether oxygens (including phenoxy) is 3. The van der Waals surface area contributed by atoms with Crippen molar-refractivity contribution in [2.45, 2.75) is 123 Å². The van der Waals surface area contributed by atoms with Gasteiger partial charge in [0.05, 0.1) is 24.7 Å². The zero-order valence-corrected chi connectivity index (χ0v) is 36.1. The van der Waals surface area contributed by atoms with E-state index in [0.29, 0.717) is 31.6 Å². The molecule has 1 aromatic carbocycles. The van der Waals surface area contributed by atoms with Crippen molar-refractivity contribution in [2.24, 2.45) is 17.8 Å². The third kappa shape index (κ3) is 14.0. The van der Waals surface area contributed by atoms with Crippen molar-refractivity contribution in [3.8, 4) is 5.75 Å². The fourth-order valence-corrected chi connectivity index (χ4v) is 7.24. The SMILES string of the molecule is C=C/C=C/[C@H](OC)[C@H](C)[C@@H](OC)[C@@H](C)C(=O)N[C@H](C(=O)N[C@@H](Cc1cccc(O[Si](C)(C)C(C)(C)C)c1)C(=O)N1CCC[C@@H](C(=O)OCCC=C)N1)C(C)C. The Labute approximate surface area is 330 Å². The molecule has 0 aliphatic carbocycles. The lowest BCUT2D eigenvalue weighted by atomic mass is 9.87. The lowest BCUT2D eigenvalue weighted by Gasteiger charge is -2.37. The molecule has 0 spiro atoms. The predicted octanol–water partition coefficient (Wildman–Crippen LogP) is 5.90. The summed E-state index contributed by atoms with van der Waals surface area (Å²) in [6.45, 7) is 26.1. The highest BCUT2D eigenvalue weighted by molar-refractivity contribution is 6.74. The molecular formula is C42H68N4O8Si. The second-order valence-corrected chi connectivity index (χ2v) is 21.0. The Hall–Kier alpha value is -3.78. The molecule has 1 heterocycles. The highest BCUT2D eigenvalue weighted by Crippen LogP contribution is 2.37. The van der Waals surface area contributed by atoms with Crippen LogP contribution < -0.4 is 20.5 Å². The monoisotopic (exact) mass is 784 g/mol. The Kier molecular flexibility index (Phi) is 19.0. The van der Waals surface area contributed by atoms with Crippen molar-refractivity contribution >= 4 is 32.0 Å². The van der Waals surface area contributed by atoms with Crippen LogP contribution in [0.4, 0.5) is 0 Å². The number of carbonyl (C=O) groups excluding carboxylic acids is 4. The molecule has 3 amide bonds. The summed E-state index contributed by atoms with van der Waals surface area (Å²) in [6.07, 6.45) is 7.81. The first kappa shape index (κ1) is 47.4. The number of rotatable bonds is 21. The first-order valence-corrected chi connectivity index (χ1v) is 22.3. The summed E-state index contributed by atoms with van der Waals surface area (Å²) >= 11 is 0. The van der Waals surface area contributed by atoms with Crippen molar-refractivity contribution in [1.82, 2.24) is 21.1 Å². The standard InChI is InChI=1S/C42H68N4O8Si/c1-14-16-23-35(51-10)29(5)37(52-11)30(6)38(47)44-36(28(3)4)39(48)43-34(27-31-20-18-21-32(26-31)54-55(12,13)42(7,8)9)40(49)46-24-19-22-33(45-46)41(50)53-25-17-15-2/h14-16,18,20-21,23,26,28-30,33-37,45H,1-2,17,19,22,24-25,27H2,3-13H3,(H,43,48)(H,44,47)/b23-16+/t29-,30+,33-,34-,35-,36-,37+/m0/s1. The summed E-state index contributed by atoms with van der Waals surface area (Å²) in [5, 5.41) is 7.28. The van der Waals surface area contributed by atoms with Gasteiger partial charge in [-0.15, -0.1) is 6.58 Å². The van der Waals surface area contributed by atoms with Crippen molar-refractivity contribution in [1.29, 1.82) is 0 Å². The fraction of sp³-hybridized carbons (Fsp3) is 0.619. The average molecular weight is 785 g/mol. The minimum atomic E-state index is -2.17. The van der Waals surface area contributed by atoms with Gasteiger partial charge >= 0.3 is 5.97 Å². The predicted molar refractivity (Wildman–Crippen MR) is 220 cm³/mol. The molecule has 0 bridgehead atoms. The van der Waals surface area contributed by atoms with E-state index in [-0.39, 0.29) is 41.9 Å². The number of carbonyl (C=O) groups is 4. The van der Waals surface area contributed by atoms with Gasteiger partial charge in [0.25, 0.3) is 5.91 Å². The molecule has 1 fully saturated rings. The number of nitrogens with one attached hydrogen (secondary N) is 3. The molecule has 13 heteroatoms. The second-order valence-electron chi connectivity index (χ2n) is 16.2. The number of hydrogen-bond acceptors (Lipinski definition) is 9. The highest BCUT2D eigenvalue weighted by Gasteiger charge is 2.40. The van der Waals surface area contributed by atoms with Crippen LogP contribution in [0, 0.1) is 17.8 Å². The summed E-state index contributed by atoms with van der Waals surface area (Å²) < 4.78 is 23.4. The van der Waals surface area contributed by atoms with Gasteiger partial charge in [-0.3, -0.25) is 24.2 Å². The van der Waals surface area contributed by atoms with Crippen LogP contribution in [0.3, 0.4) is 0 Å². The van der Waals surface area contributed by atoms with Crippen molar-refractivity contribution in [2.75, 3.05) is 27.4 Å². The van der Waals surface area contributed by atoms with E-state index in [0.717, 1.165) is 5.56 Å². The van der Waals surface area contributed by atoms with E-state index in [2.05, 4.69) is 63.1 Å². The van der Waals surface area contributed by atoms with Gasteiger partial charge in [0, 0.05) is 33.1 Å². The lowest BCUT2D eigenvalue weighted by Crippen LogP contribution is -2.62. The number of esters is 1. The zero-order chi connectivity index (χ0) is 41.5. The van der Waals surface area contributed by atoms with Crippen LogP contribution in [0.1, 0.15) is 73.3 Å². The summed E-state index contributed by atoms with van der Waals surface area (Å²) in [7, 11) is 0.972. The molecule has 0 radical (unpaired) electrons. The summed E-state index contributed by atoms with van der Waals surface area (Å²) in [5.74, 6) is -2.24. The number of methoxy groups -OCH3 is 2. The first-order valence-electron chi connectivity index (χ1n) is 19.4. The Morgan fingerprint density at radius 1 is 1.04 bits per heavy atom. The van der Waals surface area contributed by atoms with Gasteiger partial charge in [-0.25, -0.2) is 5.43 Å². The van der Waals surface area contributed by atoms with Gasteiger partial charge in [0.2, 0.25) is 20.1 Å². The van der Waals surface area contributed by atoms with Crippen LogP contribution in [0.15, 0.2) is 61.7 Å². The molecule has 1 aromatic rings. The Bertz CT molecular complexity index is 1480. The van der Waals surface area contributed by atoms with Crippen LogP contribution in [-0.2, 0) is 39.8 Å². The molecule has 1 aliphatic heterocycles. The van der Waals surface area contributed by atoms with E-state index in [1.807, 2.05) is 51.1 Å². The zero-order valence-electron chi connectivity index (χ0n) is 35.1. The normalized spacial score (nSPS) is 18.4. The number of amides is 3. The lowest BCUT2D eigenvalue weighted by molar-refractivity contribution is -0.153. The molecule has 1 saturated heterocycles. The number of hydrogen-bond donors (Lipinski definition) is 3. The number of benzene rings is 1. The van der Waals surface area contributed by atoms with Gasteiger partial charge in [0.15, 0.2) is 0 Å². The molecule has 3 N–H and O–H groups in total. The molecule has 7 atom stereocenters. The number of hydrazine groups is 1. The van der Waals surface area contributed by atoms with Gasteiger partial charge in [-0.1, -0.05) is 91.5 Å². The van der Waals surface area contributed by atoms with E-state index >= 15 is 0 Å². The van der Waals surface area contributed by atoms with Crippen LogP contribution in [-0.4, -0.2) is 94.7 Å². The topological polar surface area (TPSA) is 145 Å². The van der Waals surface area contributed by atoms with Crippen LogP contribution in [0.25, 0.3) is 0 Å². The number of allylic oxidation sites excluding steroid dienone is 2. The van der Waals surface area contributed by atoms with E-state index < -0.39 is 56.2 Å². The Balaban J connectivity index is 2.41. The van der Waals surface area contributed by atoms with Crippen LogP contribution >= 0.6 is 0 Å². The van der Waals surface area contributed by atoms with Crippen molar-refractivity contribution in [3.05, 3.63) is 67.3 Å². The van der Waals surface area contributed by atoms with E-state index in [1.165, 1.54) is 5.01 Å². The Morgan fingerprint density at radius 2 is 1.73 bits per heavy atom. The van der Waals surface area contributed by atoms with Crippen molar-refractivity contribution < 1.29 is 37.8 Å². The minimum absolute atomic E-state index is 0.0259. The molecule has 1 aliphatic rings. The average Bonchev–Trinajstić information content (AvgIpc) is 3.13. The summed E-state index contributed by atoms with van der Waals surface area (Å²) in [4.78, 5) is 55.1. The molecular weight excluding hydrogens is 717 g/mol. The molecule has 12 nitrogen and oxygen atoms in total. The maximum atomic E-state index is 14.3. The first-order chi connectivity index (χ1) is 25.8. The largest absolute Gasteiger partial charge is 0.543 e. The third-order valence-corrected chi connectivity index (χ3v) is 15.0. The van der Waals surface area contributed by atoms with E-state index in [4.69, 9.17) is 18.6 Å². The third-order valence-electron chi connectivity index (χ3n) is 10.6. The Morgan fingerprint density at radius 3 is 2.31 bits per heavy atom. The maximum absolute atomic E-state index is 14.3. The molecule has 2 rings (SSSR count). The highest BCUT2D eigenvalue weighted by atomic mass is 28.4. The summed E-state index contributed by atoms with van der Waals surface area (Å²) in [6, 6.07) is 4.85. The van der Waals surface area contributed by atoms with E-state index in [1.54, 1.807) is 39.4 Å². The van der Waals surface area contributed by atoms with Gasteiger partial charge in [0.1, 0.15) is 23.9 Å². The molecule has 308 valence electrons. The maximum Gasteiger partial charge on any atom is 0.324 e. The van der Waals surface area contributed by atoms with Gasteiger partial charge in [-0.2, -0.15) is 0 Å². The molecule has 0 saturated carbocycles. The fourth-order valence-electron chi connectivity index (χ4n) is 6.21. The molecule has 0 unspecified atom stereocenters. The number of nitrogens with zero attached hydrogens (tertiary/aromatic N) is 1. The van der Waals surface area contributed by atoms with E-state index in [9.17, 15) is 19.2 Å². The van der Waals surface area contributed by atoms with Gasteiger partial charge in [-0.05, 0) is 61.0 Å². The second kappa shape index (κ2) is 22.1. The minimum Gasteiger partial charge on any atom is -0.543 e. The quantitative estimate of drug-likeness (QED) is 0.0457. The van der Waals surface area contributed by atoms with Crippen LogP contribution in [0.2, 0.25) is 18.1 Å². The van der Waals surface area contributed by atoms with Gasteiger partial charge < -0.3 is 29.3 Å². The molecule has 55 heavy (non-hydrogen) atoms. The molecule has 0 aromatic heterocycles. The van der Waals surface area contributed by atoms with Crippen LogP contribution in [0.5, 0.6) is 5.75 Å². The smallest absolute Gasteiger partial charge is 0.324 e.